The molecule has 0 heterocycles. The average molecular weight is 262 g/mol. The van der Waals surface area contributed by atoms with Crippen LogP contribution in [0.1, 0.15) is 33.1 Å². The van der Waals surface area contributed by atoms with Crippen molar-refractivity contribution in [2.24, 2.45) is 5.73 Å². The molecule has 4 heteroatoms. The van der Waals surface area contributed by atoms with E-state index in [2.05, 4.69) is 6.07 Å². The standard InChI is InChI=1S/C15H22N2O2/c1-3-15(17,12-16)9-6-10-19-14-8-5-7-13(11-14)18-4-2/h5,7-8,11H,3-4,6,9-10,17H2,1-2H3. The van der Waals surface area contributed by atoms with E-state index in [0.29, 0.717) is 26.1 Å². The van der Waals surface area contributed by atoms with Gasteiger partial charge in [-0.25, -0.2) is 0 Å². The van der Waals surface area contributed by atoms with Crippen LogP contribution in [0.25, 0.3) is 0 Å². The third-order valence-electron chi connectivity index (χ3n) is 3.01. The van der Waals surface area contributed by atoms with E-state index >= 15 is 0 Å². The summed E-state index contributed by atoms with van der Waals surface area (Å²) in [7, 11) is 0. The van der Waals surface area contributed by atoms with Crippen molar-refractivity contribution in [1.82, 2.24) is 0 Å². The number of ether oxygens (including phenoxy) is 2. The fourth-order valence-corrected chi connectivity index (χ4v) is 1.71. The van der Waals surface area contributed by atoms with Crippen LogP contribution in [0.2, 0.25) is 0 Å². The highest BCUT2D eigenvalue weighted by Gasteiger charge is 2.20. The molecule has 19 heavy (non-hydrogen) atoms. The molecule has 0 aliphatic heterocycles. The van der Waals surface area contributed by atoms with Gasteiger partial charge < -0.3 is 15.2 Å². The van der Waals surface area contributed by atoms with E-state index in [1.165, 1.54) is 0 Å². The van der Waals surface area contributed by atoms with Crippen molar-refractivity contribution in [2.75, 3.05) is 13.2 Å². The summed E-state index contributed by atoms with van der Waals surface area (Å²) < 4.78 is 11.0. The molecule has 0 fully saturated rings. The van der Waals surface area contributed by atoms with Gasteiger partial charge in [0.25, 0.3) is 0 Å². The smallest absolute Gasteiger partial charge is 0.122 e. The largest absolute Gasteiger partial charge is 0.494 e. The molecule has 1 unspecified atom stereocenters. The second-order valence-corrected chi connectivity index (χ2v) is 4.48. The second-order valence-electron chi connectivity index (χ2n) is 4.48. The van der Waals surface area contributed by atoms with E-state index < -0.39 is 5.54 Å². The third-order valence-corrected chi connectivity index (χ3v) is 3.01. The number of nitriles is 1. The zero-order valence-corrected chi connectivity index (χ0v) is 11.7. The molecule has 0 saturated heterocycles. The zero-order valence-electron chi connectivity index (χ0n) is 11.7. The highest BCUT2D eigenvalue weighted by molar-refractivity contribution is 5.32. The Hall–Kier alpha value is -1.73. The van der Waals surface area contributed by atoms with Gasteiger partial charge in [-0.1, -0.05) is 13.0 Å². The number of hydrogen-bond acceptors (Lipinski definition) is 4. The number of benzene rings is 1. The Balaban J connectivity index is 2.37. The summed E-state index contributed by atoms with van der Waals surface area (Å²) in [4.78, 5) is 0. The molecule has 0 amide bonds. The Morgan fingerprint density at radius 3 is 2.53 bits per heavy atom. The van der Waals surface area contributed by atoms with E-state index in [9.17, 15) is 0 Å². The van der Waals surface area contributed by atoms with Gasteiger partial charge in [0, 0.05) is 6.07 Å². The Kier molecular flexibility index (Phi) is 6.17. The van der Waals surface area contributed by atoms with Gasteiger partial charge in [0.1, 0.15) is 17.0 Å². The first-order valence-corrected chi connectivity index (χ1v) is 6.69. The predicted molar refractivity (Wildman–Crippen MR) is 75.2 cm³/mol. The lowest BCUT2D eigenvalue weighted by Gasteiger charge is -2.19. The highest BCUT2D eigenvalue weighted by atomic mass is 16.5. The molecule has 0 aliphatic carbocycles. The van der Waals surface area contributed by atoms with Crippen molar-refractivity contribution in [2.45, 2.75) is 38.6 Å². The summed E-state index contributed by atoms with van der Waals surface area (Å²) >= 11 is 0. The first kappa shape index (κ1) is 15.3. The van der Waals surface area contributed by atoms with Crippen LogP contribution in [0.4, 0.5) is 0 Å². The second kappa shape index (κ2) is 7.65. The van der Waals surface area contributed by atoms with E-state index in [-0.39, 0.29) is 0 Å². The molecule has 0 radical (unpaired) electrons. The van der Waals surface area contributed by atoms with Crippen LogP contribution in [-0.2, 0) is 0 Å². The molecule has 1 aromatic rings. The van der Waals surface area contributed by atoms with Crippen LogP contribution in [-0.4, -0.2) is 18.8 Å². The van der Waals surface area contributed by atoms with Gasteiger partial charge in [0.15, 0.2) is 0 Å². The maximum Gasteiger partial charge on any atom is 0.122 e. The fourth-order valence-electron chi connectivity index (χ4n) is 1.71. The lowest BCUT2D eigenvalue weighted by Crippen LogP contribution is -2.37. The van der Waals surface area contributed by atoms with Gasteiger partial charge >= 0.3 is 0 Å². The first-order chi connectivity index (χ1) is 9.13. The van der Waals surface area contributed by atoms with Crippen LogP contribution in [0, 0.1) is 11.3 Å². The topological polar surface area (TPSA) is 68.3 Å². The van der Waals surface area contributed by atoms with E-state index in [1.807, 2.05) is 38.1 Å². The van der Waals surface area contributed by atoms with Crippen molar-refractivity contribution in [3.8, 4) is 17.6 Å². The third kappa shape index (κ3) is 5.19. The quantitative estimate of drug-likeness (QED) is 0.731. The van der Waals surface area contributed by atoms with Crippen molar-refractivity contribution in [3.05, 3.63) is 24.3 Å². The van der Waals surface area contributed by atoms with Crippen LogP contribution in [0.5, 0.6) is 11.5 Å². The minimum Gasteiger partial charge on any atom is -0.494 e. The normalized spacial score (nSPS) is 13.4. The molecular weight excluding hydrogens is 240 g/mol. The van der Waals surface area contributed by atoms with Crippen molar-refractivity contribution >= 4 is 0 Å². The summed E-state index contributed by atoms with van der Waals surface area (Å²) in [6.07, 6.45) is 2.06. The molecule has 0 saturated carbocycles. The minimum atomic E-state index is -0.726. The van der Waals surface area contributed by atoms with Crippen LogP contribution in [0.3, 0.4) is 0 Å². The van der Waals surface area contributed by atoms with Gasteiger partial charge in [0.05, 0.1) is 19.3 Å². The first-order valence-electron chi connectivity index (χ1n) is 6.69. The average Bonchev–Trinajstić information content (AvgIpc) is 2.44. The van der Waals surface area contributed by atoms with Crippen molar-refractivity contribution in [1.29, 1.82) is 5.26 Å². The minimum absolute atomic E-state index is 0.552. The Morgan fingerprint density at radius 1 is 1.26 bits per heavy atom. The van der Waals surface area contributed by atoms with Gasteiger partial charge in [-0.05, 0) is 38.3 Å². The maximum absolute atomic E-state index is 8.96. The molecule has 1 atom stereocenters. The van der Waals surface area contributed by atoms with Gasteiger partial charge in [-0.15, -0.1) is 0 Å². The SMILES string of the molecule is CCOc1cccc(OCCCC(N)(C#N)CC)c1. The summed E-state index contributed by atoms with van der Waals surface area (Å²) in [5.41, 5.74) is 5.18. The summed E-state index contributed by atoms with van der Waals surface area (Å²) in [5, 5.41) is 8.96. The molecule has 1 rings (SSSR count). The van der Waals surface area contributed by atoms with Crippen molar-refractivity contribution in [3.63, 3.8) is 0 Å². The molecule has 2 N–H and O–H groups in total. The lowest BCUT2D eigenvalue weighted by atomic mass is 9.94. The predicted octanol–water partition coefficient (Wildman–Crippen LogP) is 2.88. The lowest BCUT2D eigenvalue weighted by molar-refractivity contribution is 0.287. The van der Waals surface area contributed by atoms with Crippen LogP contribution in [0.15, 0.2) is 24.3 Å². The summed E-state index contributed by atoms with van der Waals surface area (Å²) in [6, 6.07) is 9.71. The number of nitrogens with zero attached hydrogens (tertiary/aromatic N) is 1. The monoisotopic (exact) mass is 262 g/mol. The molecule has 104 valence electrons. The fraction of sp³-hybridized carbons (Fsp3) is 0.533. The molecule has 0 spiro atoms. The molecule has 0 bridgehead atoms. The van der Waals surface area contributed by atoms with E-state index in [1.54, 1.807) is 0 Å². The molecule has 0 aromatic heterocycles. The Morgan fingerprint density at radius 2 is 1.95 bits per heavy atom. The summed E-state index contributed by atoms with van der Waals surface area (Å²) in [5.74, 6) is 1.58. The van der Waals surface area contributed by atoms with Gasteiger partial charge in [0.2, 0.25) is 0 Å². The van der Waals surface area contributed by atoms with Crippen molar-refractivity contribution < 1.29 is 9.47 Å². The molecule has 0 aliphatic rings. The zero-order chi connectivity index (χ0) is 14.1. The maximum atomic E-state index is 8.96. The van der Waals surface area contributed by atoms with E-state index in [0.717, 1.165) is 17.9 Å². The Labute approximate surface area is 115 Å². The number of rotatable bonds is 8. The van der Waals surface area contributed by atoms with Crippen LogP contribution >= 0.6 is 0 Å². The Bertz CT molecular complexity index is 428. The summed E-state index contributed by atoms with van der Waals surface area (Å²) in [6.45, 7) is 5.06. The molecule has 4 nitrogen and oxygen atoms in total. The van der Waals surface area contributed by atoms with Crippen LogP contribution < -0.4 is 15.2 Å². The molecule has 1 aromatic carbocycles. The highest BCUT2D eigenvalue weighted by Crippen LogP contribution is 2.20. The number of hydrogen-bond donors (Lipinski definition) is 1. The number of nitrogens with two attached hydrogens (primary N) is 1. The van der Waals surface area contributed by atoms with Gasteiger partial charge in [-0.2, -0.15) is 5.26 Å². The molecular formula is C15H22N2O2. The van der Waals surface area contributed by atoms with E-state index in [4.69, 9.17) is 20.5 Å². The van der Waals surface area contributed by atoms with Gasteiger partial charge in [-0.3, -0.25) is 0 Å².